The number of allylic oxidation sites excluding steroid dienone is 2. The highest BCUT2D eigenvalue weighted by Crippen LogP contribution is 2.21. The molecule has 0 aromatic heterocycles. The number of nitrogens with one attached hydrogen (secondary N) is 1. The van der Waals surface area contributed by atoms with Gasteiger partial charge in [-0.05, 0) is 49.8 Å². The molecule has 2 atom stereocenters. The van der Waals surface area contributed by atoms with Gasteiger partial charge in [-0.1, -0.05) is 55.6 Å². The minimum atomic E-state index is -0.531. The first kappa shape index (κ1) is 22.6. The molecule has 0 saturated carbocycles. The third kappa shape index (κ3) is 6.71. The minimum Gasteiger partial charge on any atom is -0.465 e. The number of hydrogen-bond acceptors (Lipinski definition) is 4. The van der Waals surface area contributed by atoms with Gasteiger partial charge in [0.25, 0.3) is 0 Å². The van der Waals surface area contributed by atoms with E-state index in [1.54, 1.807) is 24.8 Å². The SMILES string of the molecule is C=C/C=C1/CN(C(=O)[C@H](C)N[C@@H](CCc2ccccc2)C(=O)OCC)CCC1=C. The largest absolute Gasteiger partial charge is 0.465 e. The van der Waals surface area contributed by atoms with Gasteiger partial charge in [0.2, 0.25) is 5.91 Å². The van der Waals surface area contributed by atoms with Crippen LogP contribution in [0.4, 0.5) is 0 Å². The van der Waals surface area contributed by atoms with Gasteiger partial charge in [0.05, 0.1) is 12.6 Å². The molecule has 2 rings (SSSR count). The number of benzene rings is 1. The number of piperidine rings is 1. The predicted molar refractivity (Wildman–Crippen MR) is 116 cm³/mol. The van der Waals surface area contributed by atoms with Gasteiger partial charge >= 0.3 is 5.97 Å². The first-order valence-corrected chi connectivity index (χ1v) is 10.2. The van der Waals surface area contributed by atoms with Crippen LogP contribution < -0.4 is 5.32 Å². The molecule has 5 nitrogen and oxygen atoms in total. The highest BCUT2D eigenvalue weighted by molar-refractivity contribution is 5.83. The van der Waals surface area contributed by atoms with Crippen molar-refractivity contribution >= 4 is 11.9 Å². The van der Waals surface area contributed by atoms with Crippen molar-refractivity contribution < 1.29 is 14.3 Å². The van der Waals surface area contributed by atoms with Crippen LogP contribution >= 0.6 is 0 Å². The number of rotatable bonds is 9. The van der Waals surface area contributed by atoms with Crippen molar-refractivity contribution in [3.05, 3.63) is 72.4 Å². The van der Waals surface area contributed by atoms with Gasteiger partial charge in [0, 0.05) is 13.1 Å². The van der Waals surface area contributed by atoms with E-state index in [4.69, 9.17) is 4.74 Å². The Bertz CT molecular complexity index is 755. The van der Waals surface area contributed by atoms with Crippen LogP contribution in [0, 0.1) is 0 Å². The Morgan fingerprint density at radius 3 is 2.69 bits per heavy atom. The summed E-state index contributed by atoms with van der Waals surface area (Å²) in [7, 11) is 0. The summed E-state index contributed by atoms with van der Waals surface area (Å²) >= 11 is 0. The molecule has 1 aliphatic rings. The monoisotopic (exact) mass is 396 g/mol. The molecule has 29 heavy (non-hydrogen) atoms. The second kappa shape index (κ2) is 11.4. The maximum Gasteiger partial charge on any atom is 0.323 e. The number of hydrogen-bond donors (Lipinski definition) is 1. The molecular weight excluding hydrogens is 364 g/mol. The Labute approximate surface area is 174 Å². The van der Waals surface area contributed by atoms with Gasteiger partial charge in [-0.15, -0.1) is 0 Å². The van der Waals surface area contributed by atoms with E-state index in [9.17, 15) is 9.59 Å². The summed E-state index contributed by atoms with van der Waals surface area (Å²) in [6, 6.07) is 8.97. The van der Waals surface area contributed by atoms with Crippen LogP contribution in [0.2, 0.25) is 0 Å². The first-order chi connectivity index (χ1) is 14.0. The van der Waals surface area contributed by atoms with Gasteiger partial charge in [-0.25, -0.2) is 0 Å². The molecule has 0 spiro atoms. The fraction of sp³-hybridized carbons (Fsp3) is 0.417. The van der Waals surface area contributed by atoms with Crippen LogP contribution in [0.15, 0.2) is 66.8 Å². The molecule has 1 heterocycles. The van der Waals surface area contributed by atoms with Crippen molar-refractivity contribution in [2.24, 2.45) is 0 Å². The third-order valence-corrected chi connectivity index (χ3v) is 5.09. The van der Waals surface area contributed by atoms with E-state index in [0.29, 0.717) is 26.1 Å². The van der Waals surface area contributed by atoms with Crippen molar-refractivity contribution in [2.75, 3.05) is 19.7 Å². The molecule has 0 radical (unpaired) electrons. The standard InChI is InChI=1S/C24H32N2O3/c1-5-10-21-17-26(16-15-18(21)3)23(27)19(4)25-22(24(28)29-6-2)14-13-20-11-8-7-9-12-20/h5,7-12,19,22,25H,1,3,6,13-17H2,2,4H3/b21-10-/t19-,22-/m0/s1. The molecule has 0 aliphatic carbocycles. The molecule has 1 fully saturated rings. The van der Waals surface area contributed by atoms with Crippen LogP contribution in [0.3, 0.4) is 0 Å². The number of nitrogens with zero attached hydrogens (tertiary/aromatic N) is 1. The summed E-state index contributed by atoms with van der Waals surface area (Å²) in [6.45, 7) is 12.9. The molecule has 1 saturated heterocycles. The smallest absolute Gasteiger partial charge is 0.323 e. The van der Waals surface area contributed by atoms with Gasteiger partial charge in [0.15, 0.2) is 0 Å². The van der Waals surface area contributed by atoms with Crippen molar-refractivity contribution in [1.29, 1.82) is 0 Å². The van der Waals surface area contributed by atoms with Gasteiger partial charge in [-0.2, -0.15) is 0 Å². The number of amides is 1. The minimum absolute atomic E-state index is 0.0264. The Hall–Kier alpha value is -2.66. The Morgan fingerprint density at radius 2 is 2.03 bits per heavy atom. The Morgan fingerprint density at radius 1 is 1.31 bits per heavy atom. The second-order valence-electron chi connectivity index (χ2n) is 7.26. The van der Waals surface area contributed by atoms with Crippen molar-refractivity contribution in [3.63, 3.8) is 0 Å². The summed E-state index contributed by atoms with van der Waals surface area (Å²) in [5.41, 5.74) is 3.22. The van der Waals surface area contributed by atoms with Crippen LogP contribution in [0.25, 0.3) is 0 Å². The Balaban J connectivity index is 2.01. The predicted octanol–water partition coefficient (Wildman–Crippen LogP) is 3.43. The van der Waals surface area contributed by atoms with Crippen molar-refractivity contribution in [2.45, 2.75) is 45.2 Å². The van der Waals surface area contributed by atoms with Gasteiger partial charge < -0.3 is 9.64 Å². The third-order valence-electron chi connectivity index (χ3n) is 5.09. The molecule has 5 heteroatoms. The second-order valence-corrected chi connectivity index (χ2v) is 7.26. The fourth-order valence-electron chi connectivity index (χ4n) is 3.44. The van der Waals surface area contributed by atoms with E-state index in [-0.39, 0.29) is 11.9 Å². The molecular formula is C24H32N2O3. The number of carbonyl (C=O) groups excluding carboxylic acids is 2. The highest BCUT2D eigenvalue weighted by atomic mass is 16.5. The van der Waals surface area contributed by atoms with Crippen molar-refractivity contribution in [3.8, 4) is 0 Å². The molecule has 1 aliphatic heterocycles. The maximum atomic E-state index is 13.0. The normalized spacial score (nSPS) is 17.7. The summed E-state index contributed by atoms with van der Waals surface area (Å²) in [6.07, 6.45) is 5.66. The van der Waals surface area contributed by atoms with E-state index in [1.165, 1.54) is 0 Å². The van der Waals surface area contributed by atoms with Gasteiger partial charge in [0.1, 0.15) is 6.04 Å². The molecule has 1 N–H and O–H groups in total. The maximum absolute atomic E-state index is 13.0. The lowest BCUT2D eigenvalue weighted by atomic mass is 9.98. The molecule has 0 bridgehead atoms. The average Bonchev–Trinajstić information content (AvgIpc) is 2.73. The van der Waals surface area contributed by atoms with E-state index < -0.39 is 12.1 Å². The van der Waals surface area contributed by atoms with Crippen LogP contribution in [0.5, 0.6) is 0 Å². The molecule has 0 unspecified atom stereocenters. The lowest BCUT2D eigenvalue weighted by Crippen LogP contribution is -2.52. The topological polar surface area (TPSA) is 58.6 Å². The summed E-state index contributed by atoms with van der Waals surface area (Å²) in [5.74, 6) is -0.344. The van der Waals surface area contributed by atoms with Gasteiger partial charge in [-0.3, -0.25) is 14.9 Å². The van der Waals surface area contributed by atoms with Crippen LogP contribution in [-0.4, -0.2) is 48.6 Å². The lowest BCUT2D eigenvalue weighted by molar-refractivity contribution is -0.146. The van der Waals surface area contributed by atoms with Crippen molar-refractivity contribution in [1.82, 2.24) is 10.2 Å². The zero-order valence-electron chi connectivity index (χ0n) is 17.5. The number of carbonyl (C=O) groups is 2. The lowest BCUT2D eigenvalue weighted by Gasteiger charge is -2.33. The number of esters is 1. The zero-order chi connectivity index (χ0) is 21.2. The summed E-state index contributed by atoms with van der Waals surface area (Å²) in [4.78, 5) is 27.2. The van der Waals surface area contributed by atoms with Crippen LogP contribution in [-0.2, 0) is 20.7 Å². The molecule has 1 aromatic carbocycles. The van der Waals surface area contributed by atoms with E-state index in [1.807, 2.05) is 36.4 Å². The van der Waals surface area contributed by atoms with Crippen LogP contribution in [0.1, 0.15) is 32.3 Å². The fourth-order valence-corrected chi connectivity index (χ4v) is 3.44. The summed E-state index contributed by atoms with van der Waals surface area (Å²) in [5, 5.41) is 3.20. The van der Waals surface area contributed by atoms with E-state index in [2.05, 4.69) is 18.5 Å². The van der Waals surface area contributed by atoms with E-state index in [0.717, 1.165) is 29.6 Å². The molecule has 1 amide bonds. The number of aryl methyl sites for hydroxylation is 1. The quantitative estimate of drug-likeness (QED) is 0.650. The molecule has 156 valence electrons. The first-order valence-electron chi connectivity index (χ1n) is 10.2. The van der Waals surface area contributed by atoms with E-state index >= 15 is 0 Å². The highest BCUT2D eigenvalue weighted by Gasteiger charge is 2.29. The molecule has 1 aromatic rings. The zero-order valence-corrected chi connectivity index (χ0v) is 17.5. The Kier molecular flexibility index (Phi) is 8.87. The summed E-state index contributed by atoms with van der Waals surface area (Å²) < 4.78 is 5.22. The number of likely N-dealkylation sites (tertiary alicyclic amines) is 1. The average molecular weight is 397 g/mol. The number of ether oxygens (including phenoxy) is 1.